The lowest BCUT2D eigenvalue weighted by Gasteiger charge is -2.22. The summed E-state index contributed by atoms with van der Waals surface area (Å²) in [7, 11) is 0. The molecule has 2 rings (SSSR count). The molecule has 5 heteroatoms. The van der Waals surface area contributed by atoms with Gasteiger partial charge in [-0.2, -0.15) is 13.2 Å². The van der Waals surface area contributed by atoms with Gasteiger partial charge in [0.2, 0.25) is 0 Å². The minimum Gasteiger partial charge on any atom is -0.386 e. The van der Waals surface area contributed by atoms with Crippen molar-refractivity contribution in [3.8, 4) is 0 Å². The van der Waals surface area contributed by atoms with E-state index in [-0.39, 0.29) is 12.2 Å². The summed E-state index contributed by atoms with van der Waals surface area (Å²) in [6.45, 7) is 0.619. The number of rotatable bonds is 5. The van der Waals surface area contributed by atoms with Crippen LogP contribution < -0.4 is 0 Å². The topological polar surface area (TPSA) is 29.5 Å². The Balaban J connectivity index is 1.83. The van der Waals surface area contributed by atoms with Crippen LogP contribution in [0.3, 0.4) is 0 Å². The Labute approximate surface area is 122 Å². The van der Waals surface area contributed by atoms with Gasteiger partial charge in [0.1, 0.15) is 6.10 Å². The van der Waals surface area contributed by atoms with Gasteiger partial charge in [0.15, 0.2) is 0 Å². The summed E-state index contributed by atoms with van der Waals surface area (Å²) in [5.41, 5.74) is -0.500. The third kappa shape index (κ3) is 5.00. The third-order valence-electron chi connectivity index (χ3n) is 3.95. The molecule has 0 radical (unpaired) electrons. The first kappa shape index (κ1) is 16.3. The van der Waals surface area contributed by atoms with E-state index in [1.54, 1.807) is 0 Å². The molecular weight excluding hydrogens is 281 g/mol. The van der Waals surface area contributed by atoms with Crippen LogP contribution in [0.4, 0.5) is 13.2 Å². The first-order valence-corrected chi connectivity index (χ1v) is 7.40. The standard InChI is InChI=1S/C16H21F3O2/c17-16(18,19)14-8-4-7-13(9-14)15(20)11-21-10-12-5-2-1-3-6-12/h4,7-9,12,15,20H,1-3,5-6,10-11H2. The lowest BCUT2D eigenvalue weighted by molar-refractivity contribution is -0.137. The molecule has 0 saturated heterocycles. The van der Waals surface area contributed by atoms with Gasteiger partial charge in [0.05, 0.1) is 12.2 Å². The molecule has 21 heavy (non-hydrogen) atoms. The molecule has 0 heterocycles. The molecule has 0 spiro atoms. The van der Waals surface area contributed by atoms with Gasteiger partial charge in [-0.3, -0.25) is 0 Å². The van der Waals surface area contributed by atoms with Gasteiger partial charge >= 0.3 is 6.18 Å². The van der Waals surface area contributed by atoms with Gasteiger partial charge in [-0.25, -0.2) is 0 Å². The van der Waals surface area contributed by atoms with Gasteiger partial charge in [-0.05, 0) is 36.5 Å². The van der Waals surface area contributed by atoms with Crippen molar-refractivity contribution in [2.75, 3.05) is 13.2 Å². The van der Waals surface area contributed by atoms with E-state index in [0.29, 0.717) is 12.5 Å². The molecule has 1 aliphatic rings. The van der Waals surface area contributed by atoms with Gasteiger partial charge < -0.3 is 9.84 Å². The number of ether oxygens (including phenoxy) is 1. The molecule has 1 aromatic carbocycles. The Kier molecular flexibility index (Phi) is 5.65. The molecule has 118 valence electrons. The number of aliphatic hydroxyl groups excluding tert-OH is 1. The highest BCUT2D eigenvalue weighted by Crippen LogP contribution is 2.31. The van der Waals surface area contributed by atoms with Crippen LogP contribution in [-0.4, -0.2) is 18.3 Å². The Morgan fingerprint density at radius 2 is 1.90 bits per heavy atom. The van der Waals surface area contributed by atoms with Gasteiger partial charge in [0.25, 0.3) is 0 Å². The van der Waals surface area contributed by atoms with E-state index in [0.717, 1.165) is 25.0 Å². The molecule has 0 aliphatic heterocycles. The zero-order valence-electron chi connectivity index (χ0n) is 11.9. The van der Waals surface area contributed by atoms with Crippen molar-refractivity contribution in [2.45, 2.75) is 44.4 Å². The summed E-state index contributed by atoms with van der Waals surface area (Å²) in [6, 6.07) is 4.78. The van der Waals surface area contributed by atoms with E-state index >= 15 is 0 Å². The molecule has 1 N–H and O–H groups in total. The number of aliphatic hydroxyl groups is 1. The second-order valence-corrected chi connectivity index (χ2v) is 5.68. The normalized spacial score (nSPS) is 18.7. The van der Waals surface area contributed by atoms with Crippen LogP contribution >= 0.6 is 0 Å². The molecule has 1 saturated carbocycles. The first-order chi connectivity index (χ1) is 9.97. The summed E-state index contributed by atoms with van der Waals surface area (Å²) in [6.07, 6.45) is 0.561. The van der Waals surface area contributed by atoms with Crippen molar-refractivity contribution >= 4 is 0 Å². The van der Waals surface area contributed by atoms with Gasteiger partial charge in [-0.1, -0.05) is 31.4 Å². The maximum atomic E-state index is 12.6. The van der Waals surface area contributed by atoms with E-state index in [9.17, 15) is 18.3 Å². The van der Waals surface area contributed by atoms with Crippen molar-refractivity contribution in [1.82, 2.24) is 0 Å². The summed E-state index contributed by atoms with van der Waals surface area (Å²) in [5, 5.41) is 9.95. The fraction of sp³-hybridized carbons (Fsp3) is 0.625. The molecule has 0 aromatic heterocycles. The Bertz CT molecular complexity index is 439. The van der Waals surface area contributed by atoms with Crippen LogP contribution in [0.1, 0.15) is 49.3 Å². The van der Waals surface area contributed by atoms with E-state index < -0.39 is 17.8 Å². The first-order valence-electron chi connectivity index (χ1n) is 7.40. The highest BCUT2D eigenvalue weighted by molar-refractivity contribution is 5.27. The monoisotopic (exact) mass is 302 g/mol. The molecule has 0 bridgehead atoms. The van der Waals surface area contributed by atoms with Crippen LogP contribution in [0.25, 0.3) is 0 Å². The number of benzene rings is 1. The summed E-state index contributed by atoms with van der Waals surface area (Å²) >= 11 is 0. The maximum absolute atomic E-state index is 12.6. The average molecular weight is 302 g/mol. The molecule has 1 aliphatic carbocycles. The van der Waals surface area contributed by atoms with Crippen LogP contribution in [0.5, 0.6) is 0 Å². The van der Waals surface area contributed by atoms with E-state index in [1.807, 2.05) is 0 Å². The highest BCUT2D eigenvalue weighted by Gasteiger charge is 2.30. The molecular formula is C16H21F3O2. The van der Waals surface area contributed by atoms with Crippen molar-refractivity contribution in [2.24, 2.45) is 5.92 Å². The van der Waals surface area contributed by atoms with E-state index in [4.69, 9.17) is 4.74 Å². The number of hydrogen-bond acceptors (Lipinski definition) is 2. The molecule has 1 fully saturated rings. The van der Waals surface area contributed by atoms with Crippen molar-refractivity contribution in [3.63, 3.8) is 0 Å². The highest BCUT2D eigenvalue weighted by atomic mass is 19.4. The fourth-order valence-electron chi connectivity index (χ4n) is 2.72. The minimum atomic E-state index is -4.39. The van der Waals surface area contributed by atoms with Crippen molar-refractivity contribution in [1.29, 1.82) is 0 Å². The van der Waals surface area contributed by atoms with Gasteiger partial charge in [0, 0.05) is 6.61 Å². The quantitative estimate of drug-likeness (QED) is 0.877. The van der Waals surface area contributed by atoms with Crippen LogP contribution in [-0.2, 0) is 10.9 Å². The largest absolute Gasteiger partial charge is 0.416 e. The Morgan fingerprint density at radius 3 is 2.57 bits per heavy atom. The average Bonchev–Trinajstić information content (AvgIpc) is 2.47. The molecule has 1 atom stereocenters. The summed E-state index contributed by atoms with van der Waals surface area (Å²) in [4.78, 5) is 0. The Morgan fingerprint density at radius 1 is 1.19 bits per heavy atom. The predicted molar refractivity (Wildman–Crippen MR) is 73.8 cm³/mol. The third-order valence-corrected chi connectivity index (χ3v) is 3.95. The SMILES string of the molecule is OC(COCC1CCCCC1)c1cccc(C(F)(F)F)c1. The molecule has 0 amide bonds. The zero-order chi connectivity index (χ0) is 15.3. The fourth-order valence-corrected chi connectivity index (χ4v) is 2.72. The lowest BCUT2D eigenvalue weighted by atomic mass is 9.90. The smallest absolute Gasteiger partial charge is 0.386 e. The van der Waals surface area contributed by atoms with Crippen LogP contribution in [0, 0.1) is 5.92 Å². The van der Waals surface area contributed by atoms with Crippen molar-refractivity contribution in [3.05, 3.63) is 35.4 Å². The lowest BCUT2D eigenvalue weighted by Crippen LogP contribution is -2.16. The molecule has 2 nitrogen and oxygen atoms in total. The van der Waals surface area contributed by atoms with Gasteiger partial charge in [-0.15, -0.1) is 0 Å². The summed E-state index contributed by atoms with van der Waals surface area (Å²) in [5.74, 6) is 0.521. The Hall–Kier alpha value is -1.07. The maximum Gasteiger partial charge on any atom is 0.416 e. The zero-order valence-corrected chi connectivity index (χ0v) is 11.9. The summed E-state index contributed by atoms with van der Waals surface area (Å²) < 4.78 is 43.3. The van der Waals surface area contributed by atoms with E-state index in [1.165, 1.54) is 31.4 Å². The second-order valence-electron chi connectivity index (χ2n) is 5.68. The number of alkyl halides is 3. The molecule has 1 aromatic rings. The minimum absolute atomic E-state index is 0.0395. The van der Waals surface area contributed by atoms with Crippen LogP contribution in [0.15, 0.2) is 24.3 Å². The molecule has 1 unspecified atom stereocenters. The van der Waals surface area contributed by atoms with E-state index in [2.05, 4.69) is 0 Å². The number of hydrogen-bond donors (Lipinski definition) is 1. The predicted octanol–water partition coefficient (Wildman–Crippen LogP) is 4.34. The number of halogens is 3. The van der Waals surface area contributed by atoms with Crippen molar-refractivity contribution < 1.29 is 23.0 Å². The van der Waals surface area contributed by atoms with Crippen LogP contribution in [0.2, 0.25) is 0 Å². The second kappa shape index (κ2) is 7.27.